The number of urea groups is 1. The average molecular weight is 646 g/mol. The van der Waals surface area contributed by atoms with Gasteiger partial charge in [0.1, 0.15) is 18.6 Å². The summed E-state index contributed by atoms with van der Waals surface area (Å²) in [7, 11) is 0. The first-order valence-electron chi connectivity index (χ1n) is 15.6. The number of likely N-dealkylation sites (tertiary alicyclic amines) is 1. The molecule has 6 atom stereocenters. The Morgan fingerprint density at radius 2 is 1.51 bits per heavy atom. The van der Waals surface area contributed by atoms with E-state index in [-0.39, 0.29) is 47.8 Å². The molecule has 1 heterocycles. The Bertz CT molecular complexity index is 1160. The zero-order valence-corrected chi connectivity index (χ0v) is 28.0. The Morgan fingerprint density at radius 3 is 1.98 bits per heavy atom. The van der Waals surface area contributed by atoms with Crippen molar-refractivity contribution in [2.45, 2.75) is 112 Å². The van der Waals surface area contributed by atoms with Crippen LogP contribution in [-0.4, -0.2) is 83.7 Å². The summed E-state index contributed by atoms with van der Waals surface area (Å²) in [5.41, 5.74) is -1.12. The van der Waals surface area contributed by atoms with Crippen molar-refractivity contribution in [2.75, 3.05) is 13.1 Å². The van der Waals surface area contributed by atoms with E-state index in [1.165, 1.54) is 4.90 Å². The van der Waals surface area contributed by atoms with Gasteiger partial charge in [0.15, 0.2) is 5.78 Å². The summed E-state index contributed by atoms with van der Waals surface area (Å²) < 4.78 is 37.8. The molecule has 0 radical (unpaired) electrons. The number of fused-ring (bicyclic) bond motifs is 1. The summed E-state index contributed by atoms with van der Waals surface area (Å²) in [6, 6.07) is -5.01. The largest absolute Gasteiger partial charge is 0.405 e. The Hall–Kier alpha value is -3.19. The molecule has 1 saturated carbocycles. The summed E-state index contributed by atoms with van der Waals surface area (Å²) in [6.07, 6.45) is -4.37. The van der Waals surface area contributed by atoms with Crippen LogP contribution in [0.1, 0.15) is 82.1 Å². The van der Waals surface area contributed by atoms with Crippen LogP contribution in [0.5, 0.6) is 0 Å². The van der Waals surface area contributed by atoms with Crippen LogP contribution in [0.3, 0.4) is 0 Å². The minimum Gasteiger partial charge on any atom is -0.344 e. The minimum atomic E-state index is -4.72. The predicted octanol–water partition coefficient (Wildman–Crippen LogP) is 2.97. The van der Waals surface area contributed by atoms with E-state index in [2.05, 4.69) is 16.0 Å². The lowest BCUT2D eigenvalue weighted by Gasteiger charge is -2.38. The molecule has 0 aromatic heterocycles. The Balaban J connectivity index is 2.31. The highest BCUT2D eigenvalue weighted by molar-refractivity contribution is 6.38. The molecular weight excluding hydrogens is 595 g/mol. The van der Waals surface area contributed by atoms with E-state index in [4.69, 9.17) is 0 Å². The van der Waals surface area contributed by atoms with Crippen LogP contribution in [0, 0.1) is 34.5 Å². The highest BCUT2D eigenvalue weighted by Crippen LogP contribution is 2.65. The van der Waals surface area contributed by atoms with Crippen molar-refractivity contribution in [1.82, 2.24) is 26.2 Å². The molecule has 0 spiro atoms. The molecule has 2 rings (SSSR count). The van der Waals surface area contributed by atoms with Crippen LogP contribution in [0.25, 0.3) is 0 Å². The first-order chi connectivity index (χ1) is 20.4. The number of amides is 5. The average Bonchev–Trinajstić information content (AvgIpc) is 3.22. The number of alkyl halides is 3. The van der Waals surface area contributed by atoms with Crippen LogP contribution < -0.4 is 21.3 Å². The van der Waals surface area contributed by atoms with Crippen LogP contribution in [0.4, 0.5) is 18.0 Å². The smallest absolute Gasteiger partial charge is 0.344 e. The van der Waals surface area contributed by atoms with Gasteiger partial charge in [-0.15, -0.1) is 0 Å². The van der Waals surface area contributed by atoms with Gasteiger partial charge in [-0.25, -0.2) is 4.79 Å². The molecule has 0 aromatic rings. The number of rotatable bonds is 13. The maximum absolute atomic E-state index is 14.1. The zero-order chi connectivity index (χ0) is 34.8. The fourth-order valence-corrected chi connectivity index (χ4v) is 6.11. The van der Waals surface area contributed by atoms with E-state index in [1.807, 2.05) is 13.8 Å². The molecule has 2 aliphatic rings. The lowest BCUT2D eigenvalue weighted by atomic mass is 9.85. The monoisotopic (exact) mass is 645 g/mol. The standard InChI is InChI=1S/C31H50F3N5O6/c1-11-12-18(23(41)26(43)35-14-31(32,33)34)36-25(42)21-19-17(30(19,9)10)13-39(21)27(44)24(29(6,7)8)38-28(45)37-20(15(2)3)22(40)16(4)5/h15-21,24H,11-14H2,1-10H3,(H,35,43)(H,36,42)(H2,37,38,45)/t17-,18?,19-,20-,21-,24+/m0/s1. The number of ketones is 2. The van der Waals surface area contributed by atoms with Gasteiger partial charge in [0.05, 0.1) is 12.1 Å². The van der Waals surface area contributed by atoms with Crippen LogP contribution in [-0.2, 0) is 24.0 Å². The molecule has 2 fully saturated rings. The molecule has 45 heavy (non-hydrogen) atoms. The number of nitrogens with one attached hydrogen (secondary N) is 4. The van der Waals surface area contributed by atoms with Gasteiger partial charge in [-0.2, -0.15) is 13.2 Å². The van der Waals surface area contributed by atoms with Gasteiger partial charge in [-0.1, -0.05) is 75.7 Å². The third-order valence-electron chi connectivity index (χ3n) is 8.86. The second-order valence-electron chi connectivity index (χ2n) is 14.6. The van der Waals surface area contributed by atoms with Crippen LogP contribution >= 0.6 is 0 Å². The normalized spacial score (nSPS) is 22.6. The lowest BCUT2D eigenvalue weighted by Crippen LogP contribution is -2.62. The van der Waals surface area contributed by atoms with Gasteiger partial charge in [-0.3, -0.25) is 24.0 Å². The number of nitrogens with zero attached hydrogens (tertiary/aromatic N) is 1. The summed E-state index contributed by atoms with van der Waals surface area (Å²) in [5.74, 6) is -4.90. The van der Waals surface area contributed by atoms with Crippen molar-refractivity contribution in [3.63, 3.8) is 0 Å². The summed E-state index contributed by atoms with van der Waals surface area (Å²) in [6.45, 7) is 16.4. The highest BCUT2D eigenvalue weighted by atomic mass is 19.4. The molecule has 0 bridgehead atoms. The first-order valence-corrected chi connectivity index (χ1v) is 15.6. The quantitative estimate of drug-likeness (QED) is 0.226. The number of halogens is 3. The van der Waals surface area contributed by atoms with Gasteiger partial charge in [0, 0.05) is 12.5 Å². The van der Waals surface area contributed by atoms with Crippen molar-refractivity contribution < 1.29 is 41.9 Å². The van der Waals surface area contributed by atoms with E-state index in [9.17, 15) is 41.9 Å². The summed E-state index contributed by atoms with van der Waals surface area (Å²) in [5, 5.41) is 9.50. The predicted molar refractivity (Wildman–Crippen MR) is 161 cm³/mol. The number of hydrogen-bond donors (Lipinski definition) is 4. The number of carbonyl (C=O) groups excluding carboxylic acids is 6. The van der Waals surface area contributed by atoms with Gasteiger partial charge in [0.2, 0.25) is 17.6 Å². The topological polar surface area (TPSA) is 154 Å². The fraction of sp³-hybridized carbons (Fsp3) is 0.806. The van der Waals surface area contributed by atoms with E-state index in [1.54, 1.807) is 60.7 Å². The van der Waals surface area contributed by atoms with Crippen molar-refractivity contribution in [2.24, 2.45) is 34.5 Å². The van der Waals surface area contributed by atoms with Crippen molar-refractivity contribution in [3.05, 3.63) is 0 Å². The molecule has 1 unspecified atom stereocenters. The lowest BCUT2D eigenvalue weighted by molar-refractivity contribution is -0.148. The fourth-order valence-electron chi connectivity index (χ4n) is 6.11. The maximum Gasteiger partial charge on any atom is 0.405 e. The number of carbonyl (C=O) groups is 6. The Morgan fingerprint density at radius 1 is 0.933 bits per heavy atom. The van der Waals surface area contributed by atoms with Crippen molar-refractivity contribution in [1.29, 1.82) is 0 Å². The third kappa shape index (κ3) is 9.18. The molecule has 4 N–H and O–H groups in total. The molecule has 1 aliphatic heterocycles. The third-order valence-corrected chi connectivity index (χ3v) is 8.86. The highest BCUT2D eigenvalue weighted by Gasteiger charge is 2.70. The van der Waals surface area contributed by atoms with Gasteiger partial charge < -0.3 is 26.2 Å². The summed E-state index contributed by atoms with van der Waals surface area (Å²) in [4.78, 5) is 80.1. The van der Waals surface area contributed by atoms with Gasteiger partial charge in [0.25, 0.3) is 5.91 Å². The number of piperidine rings is 1. The molecule has 11 nitrogen and oxygen atoms in total. The van der Waals surface area contributed by atoms with Crippen molar-refractivity contribution >= 4 is 35.3 Å². The molecule has 5 amide bonds. The van der Waals surface area contributed by atoms with Gasteiger partial charge in [-0.05, 0) is 35.0 Å². The van der Waals surface area contributed by atoms with Crippen molar-refractivity contribution in [3.8, 4) is 0 Å². The SMILES string of the molecule is CCCC(NC(=O)[C@@H]1[C@@H]2[C@H](CN1C(=O)[C@@H](NC(=O)N[C@H](C(=O)C(C)C)C(C)C)C(C)(C)C)C2(C)C)C(=O)C(=O)NCC(F)(F)F. The number of hydrogen-bond acceptors (Lipinski definition) is 6. The second-order valence-corrected chi connectivity index (χ2v) is 14.6. The molecule has 14 heteroatoms. The second kappa shape index (κ2) is 14.1. The van der Waals surface area contributed by atoms with E-state index < -0.39 is 71.8 Å². The van der Waals surface area contributed by atoms with Gasteiger partial charge >= 0.3 is 12.2 Å². The van der Waals surface area contributed by atoms with E-state index in [0.717, 1.165) is 0 Å². The molecule has 1 aliphatic carbocycles. The first kappa shape index (κ1) is 38.0. The minimum absolute atomic E-state index is 0.000619. The van der Waals surface area contributed by atoms with Crippen LogP contribution in [0.2, 0.25) is 0 Å². The molecule has 1 saturated heterocycles. The Labute approximate surface area is 263 Å². The number of Topliss-reactive ketones (excluding diaryl/α,β-unsaturated/α-hetero) is 2. The molecule has 0 aromatic carbocycles. The van der Waals surface area contributed by atoms with E-state index >= 15 is 0 Å². The Kier molecular flexibility index (Phi) is 11.9. The molecule has 256 valence electrons. The van der Waals surface area contributed by atoms with Crippen LogP contribution in [0.15, 0.2) is 0 Å². The zero-order valence-electron chi connectivity index (χ0n) is 28.0. The van der Waals surface area contributed by atoms with E-state index in [0.29, 0.717) is 6.42 Å². The molecular formula is C31H50F3N5O6. The maximum atomic E-state index is 14.1. The summed E-state index contributed by atoms with van der Waals surface area (Å²) >= 11 is 0.